The highest BCUT2D eigenvalue weighted by molar-refractivity contribution is 4.81. The molecule has 0 fully saturated rings. The molecule has 166 valence electrons. The van der Waals surface area contributed by atoms with Gasteiger partial charge in [0.25, 0.3) is 0 Å². The van der Waals surface area contributed by atoms with Crippen LogP contribution in [0.3, 0.4) is 0 Å². The summed E-state index contributed by atoms with van der Waals surface area (Å²) >= 11 is 0. The average molecular weight is 391 g/mol. The summed E-state index contributed by atoms with van der Waals surface area (Å²) in [5, 5.41) is 0. The second-order valence-electron chi connectivity index (χ2n) is 8.94. The van der Waals surface area contributed by atoms with Crippen molar-refractivity contribution in [2.45, 2.75) is 148 Å². The lowest BCUT2D eigenvalue weighted by atomic mass is 9.90. The van der Waals surface area contributed by atoms with Crippen LogP contribution in [-0.2, 0) is 0 Å². The van der Waals surface area contributed by atoms with Gasteiger partial charge in [-0.1, -0.05) is 148 Å². The largest absolute Gasteiger partial charge is 0.0885 e. The Kier molecular flexibility index (Phi) is 24.5. The topological polar surface area (TPSA) is 0 Å². The number of hydrogen-bond donors (Lipinski definition) is 0. The molecular weight excluding hydrogens is 336 g/mol. The highest BCUT2D eigenvalue weighted by atomic mass is 14.1. The van der Waals surface area contributed by atoms with E-state index in [1.165, 1.54) is 128 Å². The third-order valence-corrected chi connectivity index (χ3v) is 6.13. The molecule has 0 amide bonds. The Balaban J connectivity index is 3.44. The molecule has 1 unspecified atom stereocenters. The minimum absolute atomic E-state index is 0.941. The van der Waals surface area contributed by atoms with Crippen LogP contribution in [0.15, 0.2) is 12.2 Å². The van der Waals surface area contributed by atoms with Crippen LogP contribution in [0.1, 0.15) is 148 Å². The molecule has 0 spiro atoms. The maximum Gasteiger partial charge on any atom is -0.0351 e. The minimum atomic E-state index is 0.941. The molecule has 0 rings (SSSR count). The van der Waals surface area contributed by atoms with Gasteiger partial charge in [0.2, 0.25) is 0 Å². The van der Waals surface area contributed by atoms with Gasteiger partial charge in [-0.2, -0.15) is 0 Å². The molecule has 0 aromatic rings. The monoisotopic (exact) mass is 390 g/mol. The molecule has 0 saturated heterocycles. The standard InChI is InChI=1S/C28H54/c1-4-7-9-11-13-15-16-18-20-22-24-27-28(25-6-3)26-23-21-19-17-14-12-10-8-5-2/h8,10,28H,1-2,4-7,9,11-27H2,3H3/b10-8+. The molecule has 0 saturated carbocycles. The van der Waals surface area contributed by atoms with Crippen molar-refractivity contribution < 1.29 is 0 Å². The smallest absolute Gasteiger partial charge is 0.0351 e. The molecule has 0 N–H and O–H groups in total. The van der Waals surface area contributed by atoms with Gasteiger partial charge in [-0.25, -0.2) is 0 Å². The van der Waals surface area contributed by atoms with E-state index < -0.39 is 0 Å². The highest BCUT2D eigenvalue weighted by Crippen LogP contribution is 2.23. The zero-order valence-corrected chi connectivity index (χ0v) is 19.7. The first-order chi connectivity index (χ1) is 13.8. The van der Waals surface area contributed by atoms with Gasteiger partial charge in [0.15, 0.2) is 0 Å². The van der Waals surface area contributed by atoms with Crippen LogP contribution in [0.5, 0.6) is 0 Å². The summed E-state index contributed by atoms with van der Waals surface area (Å²) in [7, 11) is 0. The van der Waals surface area contributed by atoms with E-state index in [0.717, 1.165) is 18.8 Å². The predicted octanol–water partition coefficient (Wildman–Crippen LogP) is 10.4. The predicted molar refractivity (Wildman–Crippen MR) is 131 cm³/mol. The zero-order valence-electron chi connectivity index (χ0n) is 19.7. The lowest BCUT2D eigenvalue weighted by molar-refractivity contribution is 0.377. The van der Waals surface area contributed by atoms with Crippen molar-refractivity contribution in [2.24, 2.45) is 5.92 Å². The van der Waals surface area contributed by atoms with Gasteiger partial charge in [0.05, 0.1) is 0 Å². The van der Waals surface area contributed by atoms with Crippen LogP contribution in [0.2, 0.25) is 0 Å². The van der Waals surface area contributed by atoms with Crippen molar-refractivity contribution >= 4 is 0 Å². The molecule has 0 aliphatic heterocycles. The molecule has 2 radical (unpaired) electrons. The van der Waals surface area contributed by atoms with Gasteiger partial charge in [-0.3, -0.25) is 0 Å². The lowest BCUT2D eigenvalue weighted by Crippen LogP contribution is -2.00. The van der Waals surface area contributed by atoms with Crippen LogP contribution >= 0.6 is 0 Å². The quantitative estimate of drug-likeness (QED) is 0.120. The number of rotatable bonds is 23. The average Bonchev–Trinajstić information content (AvgIpc) is 2.70. The normalized spacial score (nSPS) is 12.8. The molecule has 0 nitrogen and oxygen atoms in total. The Bertz CT molecular complexity index is 290. The molecule has 1 atom stereocenters. The third kappa shape index (κ3) is 22.0. The second-order valence-corrected chi connectivity index (χ2v) is 8.94. The fraction of sp³-hybridized carbons (Fsp3) is 0.857. The first-order valence-corrected chi connectivity index (χ1v) is 13.1. The summed E-state index contributed by atoms with van der Waals surface area (Å²) in [6.45, 7) is 10.1. The van der Waals surface area contributed by atoms with E-state index in [1.807, 2.05) is 0 Å². The second kappa shape index (κ2) is 24.8. The summed E-state index contributed by atoms with van der Waals surface area (Å²) in [5.74, 6) is 1.01. The summed E-state index contributed by atoms with van der Waals surface area (Å²) in [6.07, 6.45) is 35.2. The summed E-state index contributed by atoms with van der Waals surface area (Å²) < 4.78 is 0. The van der Waals surface area contributed by atoms with E-state index in [2.05, 4.69) is 32.9 Å². The lowest BCUT2D eigenvalue weighted by Gasteiger charge is -2.16. The summed E-state index contributed by atoms with van der Waals surface area (Å²) in [5.41, 5.74) is 0. The van der Waals surface area contributed by atoms with Crippen molar-refractivity contribution in [1.29, 1.82) is 0 Å². The van der Waals surface area contributed by atoms with Crippen molar-refractivity contribution in [3.63, 3.8) is 0 Å². The van der Waals surface area contributed by atoms with E-state index in [0.29, 0.717) is 0 Å². The molecule has 0 heterocycles. The molecule has 0 aromatic carbocycles. The molecule has 0 heteroatoms. The number of unbranched alkanes of at least 4 members (excludes halogenated alkanes) is 15. The van der Waals surface area contributed by atoms with E-state index in [4.69, 9.17) is 0 Å². The molecule has 0 aromatic heterocycles. The van der Waals surface area contributed by atoms with Crippen molar-refractivity contribution in [2.75, 3.05) is 0 Å². The van der Waals surface area contributed by atoms with E-state index >= 15 is 0 Å². The Morgan fingerprint density at radius 2 is 1.00 bits per heavy atom. The minimum Gasteiger partial charge on any atom is -0.0885 e. The van der Waals surface area contributed by atoms with E-state index in [9.17, 15) is 0 Å². The number of hydrogen-bond acceptors (Lipinski definition) is 0. The van der Waals surface area contributed by atoms with Gasteiger partial charge >= 0.3 is 0 Å². The van der Waals surface area contributed by atoms with Crippen LogP contribution in [0, 0.1) is 19.8 Å². The summed E-state index contributed by atoms with van der Waals surface area (Å²) in [6, 6.07) is 0. The maximum absolute atomic E-state index is 3.92. The Morgan fingerprint density at radius 3 is 1.46 bits per heavy atom. The molecular formula is C28H54. The fourth-order valence-electron chi connectivity index (χ4n) is 4.33. The van der Waals surface area contributed by atoms with Gasteiger partial charge < -0.3 is 0 Å². The Morgan fingerprint density at radius 1 is 0.536 bits per heavy atom. The fourth-order valence-corrected chi connectivity index (χ4v) is 4.33. The number of allylic oxidation sites excluding steroid dienone is 2. The van der Waals surface area contributed by atoms with Crippen molar-refractivity contribution in [3.05, 3.63) is 26.0 Å². The summed E-state index contributed by atoms with van der Waals surface area (Å²) in [4.78, 5) is 0. The molecule has 0 bridgehead atoms. The molecule has 0 aliphatic carbocycles. The van der Waals surface area contributed by atoms with Gasteiger partial charge in [-0.05, 0) is 32.1 Å². The maximum atomic E-state index is 3.92. The first kappa shape index (κ1) is 27.7. The molecule has 0 aliphatic rings. The van der Waals surface area contributed by atoms with E-state index in [-0.39, 0.29) is 0 Å². The van der Waals surface area contributed by atoms with Crippen molar-refractivity contribution in [1.82, 2.24) is 0 Å². The van der Waals surface area contributed by atoms with Crippen LogP contribution in [-0.4, -0.2) is 0 Å². The highest BCUT2D eigenvalue weighted by Gasteiger charge is 2.07. The van der Waals surface area contributed by atoms with Gasteiger partial charge in [0.1, 0.15) is 0 Å². The van der Waals surface area contributed by atoms with Gasteiger partial charge in [0, 0.05) is 0 Å². The van der Waals surface area contributed by atoms with Crippen LogP contribution < -0.4 is 0 Å². The molecule has 28 heavy (non-hydrogen) atoms. The first-order valence-electron chi connectivity index (χ1n) is 13.1. The van der Waals surface area contributed by atoms with Crippen LogP contribution in [0.4, 0.5) is 0 Å². The Hall–Kier alpha value is -0.260. The Labute approximate surface area is 180 Å². The van der Waals surface area contributed by atoms with E-state index in [1.54, 1.807) is 0 Å². The SMILES string of the molecule is [CH2]C/C=C/CCCCCCCC(CCC)CCCCCCCCCCCC[CH2]. The third-order valence-electron chi connectivity index (χ3n) is 6.13. The zero-order chi connectivity index (χ0) is 20.5. The van der Waals surface area contributed by atoms with Crippen LogP contribution in [0.25, 0.3) is 0 Å². The van der Waals surface area contributed by atoms with Crippen molar-refractivity contribution in [3.8, 4) is 0 Å². The van der Waals surface area contributed by atoms with Gasteiger partial charge in [-0.15, -0.1) is 0 Å².